The van der Waals surface area contributed by atoms with Gasteiger partial charge < -0.3 is 0 Å². The van der Waals surface area contributed by atoms with Crippen LogP contribution in [0.5, 0.6) is 0 Å². The van der Waals surface area contributed by atoms with E-state index in [0.717, 1.165) is 65.3 Å². The van der Waals surface area contributed by atoms with Crippen molar-refractivity contribution in [2.24, 2.45) is 0 Å². The zero-order valence-corrected chi connectivity index (χ0v) is 39.9. The highest BCUT2D eigenvalue weighted by Crippen LogP contribution is 2.51. The first kappa shape index (κ1) is 42.7. The summed E-state index contributed by atoms with van der Waals surface area (Å²) in [5.74, 6) is 7.64. The van der Waals surface area contributed by atoms with E-state index in [4.69, 9.17) is 46.4 Å². The van der Waals surface area contributed by atoms with Crippen LogP contribution in [0.3, 0.4) is 0 Å². The zero-order valence-electron chi connectivity index (χ0n) is 34.9. The van der Waals surface area contributed by atoms with Crippen molar-refractivity contribution in [3.8, 4) is 34.1 Å². The minimum Gasteiger partial charge on any atom is -0.125 e. The fourth-order valence-corrected chi connectivity index (χ4v) is 22.0. The van der Waals surface area contributed by atoms with E-state index in [2.05, 4.69) is 130 Å². The fourth-order valence-electron chi connectivity index (χ4n) is 10.5. The molecule has 290 valence electrons. The van der Waals surface area contributed by atoms with Crippen LogP contribution in [0.4, 0.5) is 0 Å². The van der Waals surface area contributed by atoms with Crippen molar-refractivity contribution in [3.05, 3.63) is 104 Å². The third-order valence-electron chi connectivity index (χ3n) is 12.9. The second-order valence-corrected chi connectivity index (χ2v) is 30.2. The average Bonchev–Trinajstić information content (AvgIpc) is 3.11. The summed E-state index contributed by atoms with van der Waals surface area (Å²) in [5.41, 5.74) is 14.7. The van der Waals surface area contributed by atoms with Gasteiger partial charge in [-0.3, -0.25) is 0 Å². The van der Waals surface area contributed by atoms with Gasteiger partial charge >= 0.3 is 0 Å². The van der Waals surface area contributed by atoms with Gasteiger partial charge in [0.25, 0.3) is 0 Å². The van der Waals surface area contributed by atoms with Crippen molar-refractivity contribution in [2.45, 2.75) is 116 Å². The molecule has 0 heterocycles. The average molecular weight is 853 g/mol. The Labute approximate surface area is 357 Å². The van der Waals surface area contributed by atoms with Gasteiger partial charge in [-0.05, 0) is 90.2 Å². The number of halogens is 4. The molecular formula is C50H54Cl4Si2. The lowest BCUT2D eigenvalue weighted by Gasteiger charge is -2.38. The number of benzene rings is 6. The van der Waals surface area contributed by atoms with Crippen molar-refractivity contribution < 1.29 is 0 Å². The summed E-state index contributed by atoms with van der Waals surface area (Å²) in [6.07, 6.45) is 0. The van der Waals surface area contributed by atoms with Crippen LogP contribution in [0.2, 0.25) is 53.3 Å². The lowest BCUT2D eigenvalue weighted by molar-refractivity contribution is 0.838. The van der Waals surface area contributed by atoms with E-state index < -0.39 is 16.1 Å². The molecule has 0 radical (unpaired) electrons. The summed E-state index contributed by atoms with van der Waals surface area (Å²) >= 11 is 29.3. The molecule has 6 aromatic rings. The Balaban J connectivity index is 1.87. The second-order valence-electron chi connectivity index (χ2n) is 17.4. The summed E-state index contributed by atoms with van der Waals surface area (Å²) in [6.45, 7) is 28.1. The highest BCUT2D eigenvalue weighted by atomic mass is 35.5. The molecule has 0 aliphatic rings. The predicted molar refractivity (Wildman–Crippen MR) is 258 cm³/mol. The van der Waals surface area contributed by atoms with Crippen molar-refractivity contribution in [1.29, 1.82) is 0 Å². The van der Waals surface area contributed by atoms with Crippen LogP contribution in [0.1, 0.15) is 94.2 Å². The van der Waals surface area contributed by atoms with Crippen molar-refractivity contribution in [2.75, 3.05) is 0 Å². The van der Waals surface area contributed by atoms with Gasteiger partial charge in [0.1, 0.15) is 16.1 Å². The molecule has 0 saturated carbocycles. The molecule has 0 amide bonds. The van der Waals surface area contributed by atoms with Gasteiger partial charge in [-0.15, -0.1) is 11.1 Å². The third-order valence-corrected chi connectivity index (χ3v) is 26.8. The quantitative estimate of drug-likeness (QED) is 0.0853. The molecule has 56 heavy (non-hydrogen) atoms. The van der Waals surface area contributed by atoms with Crippen LogP contribution in [-0.4, -0.2) is 16.1 Å². The molecule has 6 aromatic carbocycles. The fraction of sp³-hybridized carbons (Fsp3) is 0.360. The van der Waals surface area contributed by atoms with Crippen LogP contribution in [0.25, 0.3) is 54.2 Å². The normalized spacial score (nSPS) is 12.6. The van der Waals surface area contributed by atoms with Gasteiger partial charge in [-0.1, -0.05) is 190 Å². The molecule has 6 heteroatoms. The Morgan fingerprint density at radius 1 is 0.357 bits per heavy atom. The number of fused-ring (bicyclic) bond motifs is 4. The first-order valence-electron chi connectivity index (χ1n) is 20.1. The van der Waals surface area contributed by atoms with Gasteiger partial charge in [-0.2, -0.15) is 0 Å². The molecule has 0 spiro atoms. The minimum absolute atomic E-state index is 0.473. The molecular weight excluding hydrogens is 799 g/mol. The lowest BCUT2D eigenvalue weighted by Crippen LogP contribution is -2.43. The van der Waals surface area contributed by atoms with E-state index in [1.165, 1.54) is 0 Å². The van der Waals surface area contributed by atoms with E-state index >= 15 is 0 Å². The predicted octanol–water partition coefficient (Wildman–Crippen LogP) is 17.7. The summed E-state index contributed by atoms with van der Waals surface area (Å²) < 4.78 is 0. The van der Waals surface area contributed by atoms with E-state index in [9.17, 15) is 0 Å². The van der Waals surface area contributed by atoms with Crippen LogP contribution in [0.15, 0.2) is 72.8 Å². The topological polar surface area (TPSA) is 0 Å². The molecule has 0 atom stereocenters. The van der Waals surface area contributed by atoms with E-state index in [0.29, 0.717) is 53.3 Å². The Kier molecular flexibility index (Phi) is 12.5. The van der Waals surface area contributed by atoms with Crippen molar-refractivity contribution >= 4 is 106 Å². The maximum absolute atomic E-state index is 7.33. The first-order valence-corrected chi connectivity index (χ1v) is 26.1. The van der Waals surface area contributed by atoms with Gasteiger partial charge in [0.15, 0.2) is 0 Å². The highest BCUT2D eigenvalue weighted by Gasteiger charge is 2.43. The lowest BCUT2D eigenvalue weighted by atomic mass is 9.83. The smallest absolute Gasteiger partial charge is 0.125 e. The molecule has 0 aliphatic heterocycles. The molecule has 0 N–H and O–H groups in total. The molecule has 0 aromatic heterocycles. The third kappa shape index (κ3) is 6.82. The molecule has 0 nitrogen and oxygen atoms in total. The SMILES string of the molecule is CC(C)[Si](C#Cc1c2c(Cl)cccc2c(-c2c3cccc(Cl)c3c(C#C[Si](C(C)C)(C(C)C)C(C)C)c3c(Cl)cccc23)c2cccc(Cl)c12)(C(C)C)C(C)C. The summed E-state index contributed by atoms with van der Waals surface area (Å²) in [6, 6.07) is 24.7. The molecule has 0 bridgehead atoms. The standard InChI is InChI=1S/C50H54Cl4Si2/c1-29(2)55(30(3)4,31(5)6)27-25-39-45-35(17-13-21-41(45)51)49(36-18-14-22-42(52)46(36)39)50-37-19-15-23-43(53)47(37)40(48-38(50)20-16-24-44(48)54)26-28-56(32(7)8,33(9)10)34(11)12/h13-24,29-34H,1-12H3. The summed E-state index contributed by atoms with van der Waals surface area (Å²) in [7, 11) is -4.24. The minimum atomic E-state index is -2.12. The zero-order chi connectivity index (χ0) is 41.0. The molecule has 0 saturated heterocycles. The molecule has 6 rings (SSSR count). The Hall–Kier alpha value is -2.93. The van der Waals surface area contributed by atoms with E-state index in [-0.39, 0.29) is 0 Å². The van der Waals surface area contributed by atoms with Crippen molar-refractivity contribution in [3.63, 3.8) is 0 Å². The van der Waals surface area contributed by atoms with Gasteiger partial charge in [0, 0.05) is 52.8 Å². The van der Waals surface area contributed by atoms with E-state index in [1.807, 2.05) is 48.5 Å². The molecule has 0 aliphatic carbocycles. The Morgan fingerprint density at radius 2 is 0.571 bits per heavy atom. The van der Waals surface area contributed by atoms with Crippen LogP contribution < -0.4 is 0 Å². The van der Waals surface area contributed by atoms with Gasteiger partial charge in [-0.25, -0.2) is 0 Å². The largest absolute Gasteiger partial charge is 0.146 e. The maximum Gasteiger partial charge on any atom is 0.146 e. The van der Waals surface area contributed by atoms with E-state index in [1.54, 1.807) is 0 Å². The number of hydrogen-bond acceptors (Lipinski definition) is 0. The summed E-state index contributed by atoms with van der Waals surface area (Å²) in [4.78, 5) is 0. The van der Waals surface area contributed by atoms with Crippen molar-refractivity contribution in [1.82, 2.24) is 0 Å². The van der Waals surface area contributed by atoms with Crippen LogP contribution in [0, 0.1) is 22.9 Å². The van der Waals surface area contributed by atoms with Gasteiger partial charge in [0.05, 0.1) is 0 Å². The Morgan fingerprint density at radius 3 is 0.768 bits per heavy atom. The number of rotatable bonds is 7. The van der Waals surface area contributed by atoms with Gasteiger partial charge in [0.2, 0.25) is 0 Å². The molecule has 0 unspecified atom stereocenters. The highest BCUT2D eigenvalue weighted by molar-refractivity contribution is 6.91. The monoisotopic (exact) mass is 850 g/mol. The van der Waals surface area contributed by atoms with Crippen LogP contribution in [-0.2, 0) is 0 Å². The second kappa shape index (κ2) is 16.4. The van der Waals surface area contributed by atoms with Crippen LogP contribution >= 0.6 is 46.4 Å². The Bertz CT molecular complexity index is 2270. The first-order chi connectivity index (χ1) is 26.4. The summed E-state index contributed by atoms with van der Waals surface area (Å²) in [5, 5.41) is 10.2. The molecule has 0 fully saturated rings. The number of hydrogen-bond donors (Lipinski definition) is 0. The maximum atomic E-state index is 7.33.